The van der Waals surface area contributed by atoms with E-state index in [1.165, 1.54) is 0 Å². The van der Waals surface area contributed by atoms with Gasteiger partial charge in [-0.3, -0.25) is 9.59 Å². The molecule has 18 heavy (non-hydrogen) atoms. The van der Waals surface area contributed by atoms with Crippen LogP contribution in [0.2, 0.25) is 0 Å². The smallest absolute Gasteiger partial charge is 0.305 e. The Morgan fingerprint density at radius 3 is 2.89 bits per heavy atom. The van der Waals surface area contributed by atoms with Gasteiger partial charge in [-0.25, -0.2) is 0 Å². The number of amides is 1. The van der Waals surface area contributed by atoms with Crippen LogP contribution in [-0.2, 0) is 4.79 Å². The van der Waals surface area contributed by atoms with Gasteiger partial charge in [0.15, 0.2) is 0 Å². The van der Waals surface area contributed by atoms with Crippen molar-refractivity contribution in [3.05, 3.63) is 36.0 Å². The Hall–Kier alpha value is -2.30. The molecule has 2 aromatic rings. The minimum atomic E-state index is -0.930. The van der Waals surface area contributed by atoms with E-state index >= 15 is 0 Å². The molecule has 0 fully saturated rings. The minimum Gasteiger partial charge on any atom is -0.481 e. The number of nitrogens with one attached hydrogen (secondary N) is 2. The van der Waals surface area contributed by atoms with Gasteiger partial charge in [-0.2, -0.15) is 0 Å². The van der Waals surface area contributed by atoms with Crippen molar-refractivity contribution in [2.75, 3.05) is 0 Å². The summed E-state index contributed by atoms with van der Waals surface area (Å²) in [5.41, 5.74) is 1.28. The van der Waals surface area contributed by atoms with E-state index in [4.69, 9.17) is 5.11 Å². The summed E-state index contributed by atoms with van der Waals surface area (Å²) in [4.78, 5) is 25.6. The molecule has 0 unspecified atom stereocenters. The summed E-state index contributed by atoms with van der Waals surface area (Å²) in [7, 11) is 0. The zero-order valence-electron chi connectivity index (χ0n) is 9.93. The fourth-order valence-electron chi connectivity index (χ4n) is 1.89. The monoisotopic (exact) mass is 246 g/mol. The SMILES string of the molecule is C[C@H](CC(=O)O)NC(=O)c1cccc2cc[nH]c12. The third-order valence-corrected chi connectivity index (χ3v) is 2.69. The number of para-hydroxylation sites is 1. The second-order valence-corrected chi connectivity index (χ2v) is 4.22. The molecule has 1 aromatic heterocycles. The summed E-state index contributed by atoms with van der Waals surface area (Å²) in [5.74, 6) is -1.20. The number of hydrogen-bond acceptors (Lipinski definition) is 2. The number of carboxylic acids is 1. The predicted octanol–water partition coefficient (Wildman–Crippen LogP) is 1.76. The summed E-state index contributed by atoms with van der Waals surface area (Å²) < 4.78 is 0. The number of aromatic nitrogens is 1. The van der Waals surface area contributed by atoms with E-state index in [1.807, 2.05) is 12.1 Å². The molecule has 0 spiro atoms. The number of rotatable bonds is 4. The molecule has 1 amide bonds. The summed E-state index contributed by atoms with van der Waals surface area (Å²) in [6.45, 7) is 1.67. The lowest BCUT2D eigenvalue weighted by atomic mass is 10.1. The maximum Gasteiger partial charge on any atom is 0.305 e. The van der Waals surface area contributed by atoms with Crippen LogP contribution < -0.4 is 5.32 Å². The molecule has 0 radical (unpaired) electrons. The van der Waals surface area contributed by atoms with E-state index in [1.54, 1.807) is 25.3 Å². The standard InChI is InChI=1S/C13H14N2O3/c1-8(7-11(16)17)15-13(18)10-4-2-3-9-5-6-14-12(9)10/h2-6,8,14H,7H2,1H3,(H,15,18)(H,16,17)/t8-/m1/s1. The van der Waals surface area contributed by atoms with Gasteiger partial charge in [-0.15, -0.1) is 0 Å². The number of aliphatic carboxylic acids is 1. The van der Waals surface area contributed by atoms with Gasteiger partial charge in [-0.05, 0) is 19.1 Å². The molecule has 3 N–H and O–H groups in total. The minimum absolute atomic E-state index is 0.0908. The maximum atomic E-state index is 12.0. The predicted molar refractivity (Wildman–Crippen MR) is 67.5 cm³/mol. The Bertz CT molecular complexity index is 589. The third-order valence-electron chi connectivity index (χ3n) is 2.69. The van der Waals surface area contributed by atoms with E-state index in [2.05, 4.69) is 10.3 Å². The Morgan fingerprint density at radius 2 is 2.17 bits per heavy atom. The van der Waals surface area contributed by atoms with Crippen LogP contribution in [0, 0.1) is 0 Å². The van der Waals surface area contributed by atoms with Crippen LogP contribution in [0.25, 0.3) is 10.9 Å². The largest absolute Gasteiger partial charge is 0.481 e. The lowest BCUT2D eigenvalue weighted by Gasteiger charge is -2.12. The zero-order chi connectivity index (χ0) is 13.1. The van der Waals surface area contributed by atoms with Gasteiger partial charge in [0.1, 0.15) is 0 Å². The van der Waals surface area contributed by atoms with Crippen molar-refractivity contribution >= 4 is 22.8 Å². The van der Waals surface area contributed by atoms with Crippen molar-refractivity contribution in [1.29, 1.82) is 0 Å². The average Bonchev–Trinajstić information content (AvgIpc) is 2.74. The van der Waals surface area contributed by atoms with Crippen LogP contribution in [0.1, 0.15) is 23.7 Å². The quantitative estimate of drug-likeness (QED) is 0.768. The highest BCUT2D eigenvalue weighted by atomic mass is 16.4. The lowest BCUT2D eigenvalue weighted by molar-refractivity contribution is -0.137. The van der Waals surface area contributed by atoms with Crippen LogP contribution in [-0.4, -0.2) is 28.0 Å². The lowest BCUT2D eigenvalue weighted by Crippen LogP contribution is -2.34. The van der Waals surface area contributed by atoms with Gasteiger partial charge in [-0.1, -0.05) is 12.1 Å². The molecular formula is C13H14N2O3. The first-order valence-corrected chi connectivity index (χ1v) is 5.66. The van der Waals surface area contributed by atoms with Crippen molar-refractivity contribution in [2.45, 2.75) is 19.4 Å². The van der Waals surface area contributed by atoms with Crippen molar-refractivity contribution in [3.63, 3.8) is 0 Å². The number of carbonyl (C=O) groups excluding carboxylic acids is 1. The number of carbonyl (C=O) groups is 2. The molecule has 0 saturated carbocycles. The molecular weight excluding hydrogens is 232 g/mol. The molecule has 2 rings (SSSR count). The van der Waals surface area contributed by atoms with E-state index in [9.17, 15) is 9.59 Å². The van der Waals surface area contributed by atoms with E-state index in [0.717, 1.165) is 10.9 Å². The van der Waals surface area contributed by atoms with Crippen molar-refractivity contribution in [3.8, 4) is 0 Å². The van der Waals surface area contributed by atoms with Crippen molar-refractivity contribution < 1.29 is 14.7 Å². The van der Waals surface area contributed by atoms with Gasteiger partial charge in [0.25, 0.3) is 5.91 Å². The fraction of sp³-hybridized carbons (Fsp3) is 0.231. The van der Waals surface area contributed by atoms with Crippen LogP contribution in [0.3, 0.4) is 0 Å². The van der Waals surface area contributed by atoms with E-state index < -0.39 is 12.0 Å². The molecule has 1 aromatic carbocycles. The highest BCUT2D eigenvalue weighted by Gasteiger charge is 2.14. The summed E-state index contributed by atoms with van der Waals surface area (Å²) in [6, 6.07) is 6.89. The first kappa shape index (κ1) is 12.2. The van der Waals surface area contributed by atoms with E-state index in [-0.39, 0.29) is 12.3 Å². The third kappa shape index (κ3) is 2.51. The van der Waals surface area contributed by atoms with Crippen LogP contribution in [0.15, 0.2) is 30.5 Å². The molecule has 94 valence electrons. The summed E-state index contributed by atoms with van der Waals surface area (Å²) in [6.07, 6.45) is 1.68. The van der Waals surface area contributed by atoms with Gasteiger partial charge in [0, 0.05) is 17.6 Å². The Labute approximate surface area is 104 Å². The normalized spacial score (nSPS) is 12.3. The number of aromatic amines is 1. The topological polar surface area (TPSA) is 82.2 Å². The maximum absolute atomic E-state index is 12.0. The Balaban J connectivity index is 2.18. The Kier molecular flexibility index (Phi) is 3.32. The molecule has 0 aliphatic heterocycles. The molecule has 0 bridgehead atoms. The Morgan fingerprint density at radius 1 is 1.39 bits per heavy atom. The molecule has 0 saturated heterocycles. The number of carboxylic acid groups (broad SMARTS) is 1. The summed E-state index contributed by atoms with van der Waals surface area (Å²) in [5, 5.41) is 12.3. The number of hydrogen-bond donors (Lipinski definition) is 3. The average molecular weight is 246 g/mol. The number of benzene rings is 1. The van der Waals surface area contributed by atoms with Crippen LogP contribution >= 0.6 is 0 Å². The molecule has 1 atom stereocenters. The van der Waals surface area contributed by atoms with Crippen molar-refractivity contribution in [1.82, 2.24) is 10.3 Å². The highest BCUT2D eigenvalue weighted by Crippen LogP contribution is 2.16. The number of fused-ring (bicyclic) bond motifs is 1. The molecule has 0 aliphatic rings. The number of H-pyrrole nitrogens is 1. The fourth-order valence-corrected chi connectivity index (χ4v) is 1.89. The zero-order valence-corrected chi connectivity index (χ0v) is 9.93. The van der Waals surface area contributed by atoms with Crippen LogP contribution in [0.4, 0.5) is 0 Å². The van der Waals surface area contributed by atoms with Gasteiger partial charge >= 0.3 is 5.97 Å². The molecule has 1 heterocycles. The second-order valence-electron chi connectivity index (χ2n) is 4.22. The molecule has 5 heteroatoms. The van der Waals surface area contributed by atoms with Crippen molar-refractivity contribution in [2.24, 2.45) is 0 Å². The van der Waals surface area contributed by atoms with Gasteiger partial charge in [0.2, 0.25) is 0 Å². The van der Waals surface area contributed by atoms with Gasteiger partial charge < -0.3 is 15.4 Å². The molecule has 0 aliphatic carbocycles. The van der Waals surface area contributed by atoms with Crippen LogP contribution in [0.5, 0.6) is 0 Å². The first-order valence-electron chi connectivity index (χ1n) is 5.66. The van der Waals surface area contributed by atoms with E-state index in [0.29, 0.717) is 5.56 Å². The van der Waals surface area contributed by atoms with Gasteiger partial charge in [0.05, 0.1) is 17.5 Å². The molecule has 5 nitrogen and oxygen atoms in total. The first-order chi connectivity index (χ1) is 8.58. The second kappa shape index (κ2) is 4.91. The highest BCUT2D eigenvalue weighted by molar-refractivity contribution is 6.05. The summed E-state index contributed by atoms with van der Waals surface area (Å²) >= 11 is 0.